The van der Waals surface area contributed by atoms with Gasteiger partial charge in [-0.25, -0.2) is 4.98 Å². The van der Waals surface area contributed by atoms with Crippen LogP contribution in [0.3, 0.4) is 0 Å². The third-order valence-electron chi connectivity index (χ3n) is 1.35. The highest BCUT2D eigenvalue weighted by molar-refractivity contribution is 8.41. The van der Waals surface area contributed by atoms with Crippen LogP contribution in [0.25, 0.3) is 0 Å². The summed E-state index contributed by atoms with van der Waals surface area (Å²) in [6, 6.07) is 0. The first-order valence-electron chi connectivity index (χ1n) is 4.53. The molecule has 92 valence electrons. The lowest BCUT2D eigenvalue weighted by atomic mass is 11.0. The van der Waals surface area contributed by atoms with Gasteiger partial charge in [0.15, 0.2) is 4.34 Å². The zero-order valence-corrected chi connectivity index (χ0v) is 13.3. The average molecular weight is 323 g/mol. The van der Waals surface area contributed by atoms with E-state index in [4.69, 9.17) is 5.26 Å². The smallest absolute Gasteiger partial charge is 0.203 e. The van der Waals surface area contributed by atoms with E-state index in [0.29, 0.717) is 0 Å². The molecular weight excluding hydrogens is 312 g/mol. The van der Waals surface area contributed by atoms with Crippen molar-refractivity contribution in [3.8, 4) is 6.19 Å². The second-order valence-electron chi connectivity index (χ2n) is 2.36. The normalized spacial score (nSPS) is 11.5. The molecular formula is C8H10N4S5. The first kappa shape index (κ1) is 15.2. The van der Waals surface area contributed by atoms with E-state index < -0.39 is 0 Å². The highest BCUT2D eigenvalue weighted by atomic mass is 32.2. The van der Waals surface area contributed by atoms with Crippen LogP contribution in [0, 0.1) is 11.5 Å². The Morgan fingerprint density at radius 3 is 2.94 bits per heavy atom. The first-order chi connectivity index (χ1) is 8.30. The Hall–Kier alpha value is 0.120. The van der Waals surface area contributed by atoms with Crippen LogP contribution < -0.4 is 0 Å². The second-order valence-corrected chi connectivity index (χ2v) is 7.95. The highest BCUT2D eigenvalue weighted by Crippen LogP contribution is 2.29. The second kappa shape index (κ2) is 9.10. The summed E-state index contributed by atoms with van der Waals surface area (Å²) in [7, 11) is 0. The van der Waals surface area contributed by atoms with Gasteiger partial charge in [-0.2, -0.15) is 14.6 Å². The lowest BCUT2D eigenvalue weighted by molar-refractivity contribution is 1.02. The van der Waals surface area contributed by atoms with Crippen molar-refractivity contribution in [2.75, 3.05) is 17.1 Å². The van der Waals surface area contributed by atoms with Crippen molar-refractivity contribution in [2.24, 2.45) is 4.99 Å². The molecule has 0 unspecified atom stereocenters. The van der Waals surface area contributed by atoms with Crippen LogP contribution >= 0.6 is 58.6 Å². The number of nitriles is 1. The van der Waals surface area contributed by atoms with Crippen molar-refractivity contribution in [1.29, 1.82) is 5.26 Å². The molecule has 0 spiro atoms. The minimum absolute atomic E-state index is 0.802. The third-order valence-corrected chi connectivity index (χ3v) is 6.05. The maximum absolute atomic E-state index is 8.52. The fourth-order valence-electron chi connectivity index (χ4n) is 0.739. The van der Waals surface area contributed by atoms with Gasteiger partial charge in [0.25, 0.3) is 0 Å². The number of aromatic nitrogens is 2. The van der Waals surface area contributed by atoms with Crippen LogP contribution in [-0.4, -0.2) is 30.8 Å². The van der Waals surface area contributed by atoms with E-state index in [-0.39, 0.29) is 0 Å². The van der Waals surface area contributed by atoms with Crippen molar-refractivity contribution in [2.45, 2.75) is 16.4 Å². The Balaban J connectivity index is 2.36. The number of hydrogen-bond donors (Lipinski definition) is 0. The van der Waals surface area contributed by atoms with Gasteiger partial charge in [-0.15, -0.1) is 0 Å². The minimum Gasteiger partial charge on any atom is -0.203 e. The molecule has 9 heteroatoms. The van der Waals surface area contributed by atoms with Crippen LogP contribution in [0.15, 0.2) is 14.5 Å². The number of nitrogens with zero attached hydrogens (tertiary/aromatic N) is 4. The van der Waals surface area contributed by atoms with Crippen molar-refractivity contribution < 1.29 is 0 Å². The molecule has 0 radical (unpaired) electrons. The van der Waals surface area contributed by atoms with E-state index >= 15 is 0 Å². The minimum atomic E-state index is 0.802. The van der Waals surface area contributed by atoms with Crippen molar-refractivity contribution in [3.05, 3.63) is 0 Å². The molecule has 0 amide bonds. The van der Waals surface area contributed by atoms with Crippen LogP contribution in [0.1, 0.15) is 6.92 Å². The van der Waals surface area contributed by atoms with E-state index in [1.165, 1.54) is 11.5 Å². The molecule has 1 aromatic heterocycles. The molecule has 1 aromatic rings. The number of thioether (sulfide) groups is 4. The maximum atomic E-state index is 8.52. The molecule has 1 rings (SSSR count). The van der Waals surface area contributed by atoms with Gasteiger partial charge in [0, 0.05) is 0 Å². The molecule has 0 aliphatic heterocycles. The number of hydrogen-bond acceptors (Lipinski definition) is 9. The molecule has 0 aliphatic rings. The molecule has 0 saturated heterocycles. The van der Waals surface area contributed by atoms with Crippen molar-refractivity contribution in [1.82, 2.24) is 9.36 Å². The van der Waals surface area contributed by atoms with Gasteiger partial charge in [0.2, 0.25) is 11.3 Å². The van der Waals surface area contributed by atoms with Crippen molar-refractivity contribution >= 4 is 63.0 Å². The summed E-state index contributed by atoms with van der Waals surface area (Å²) in [4.78, 5) is 8.09. The summed E-state index contributed by atoms with van der Waals surface area (Å²) >= 11 is 7.73. The zero-order valence-electron chi connectivity index (χ0n) is 9.24. The third kappa shape index (κ3) is 6.01. The molecule has 1 heterocycles. The molecule has 0 bridgehead atoms. The Bertz CT molecular complexity index is 410. The summed E-state index contributed by atoms with van der Waals surface area (Å²) in [6.07, 6.45) is 3.78. The Labute approximate surface area is 122 Å². The lowest BCUT2D eigenvalue weighted by Gasteiger charge is -1.99. The van der Waals surface area contributed by atoms with Gasteiger partial charge >= 0.3 is 0 Å². The van der Waals surface area contributed by atoms with Gasteiger partial charge in [0.05, 0.1) is 5.08 Å². The molecule has 0 saturated carbocycles. The molecule has 0 N–H and O–H groups in total. The van der Waals surface area contributed by atoms with E-state index in [0.717, 1.165) is 24.7 Å². The Morgan fingerprint density at radius 2 is 2.35 bits per heavy atom. The Kier molecular flexibility index (Phi) is 8.13. The summed E-state index contributed by atoms with van der Waals surface area (Å²) in [5.74, 6) is 0.924. The summed E-state index contributed by atoms with van der Waals surface area (Å²) in [5, 5.41) is 10.1. The zero-order chi connectivity index (χ0) is 12.5. The van der Waals surface area contributed by atoms with Crippen molar-refractivity contribution in [3.63, 3.8) is 0 Å². The monoisotopic (exact) mass is 322 g/mol. The predicted octanol–water partition coefficient (Wildman–Crippen LogP) is 3.63. The summed E-state index contributed by atoms with van der Waals surface area (Å²) < 4.78 is 5.96. The number of aliphatic imine (C=N–C) groups is 1. The van der Waals surface area contributed by atoms with Gasteiger partial charge in [-0.05, 0) is 23.5 Å². The van der Waals surface area contributed by atoms with Crippen LogP contribution in [0.5, 0.6) is 0 Å². The predicted molar refractivity (Wildman–Crippen MR) is 81.2 cm³/mol. The fourth-order valence-corrected chi connectivity index (χ4v) is 5.30. The van der Waals surface area contributed by atoms with Crippen LogP contribution in [-0.2, 0) is 0 Å². The Morgan fingerprint density at radius 1 is 1.53 bits per heavy atom. The first-order valence-corrected chi connectivity index (χ1v) is 9.48. The lowest BCUT2D eigenvalue weighted by Crippen LogP contribution is -1.86. The van der Waals surface area contributed by atoms with Crippen LogP contribution in [0.4, 0.5) is 0 Å². The maximum Gasteiger partial charge on any atom is 0.207 e. The van der Waals surface area contributed by atoms with E-state index in [9.17, 15) is 0 Å². The molecule has 0 aliphatic carbocycles. The highest BCUT2D eigenvalue weighted by Gasteiger charge is 2.05. The molecule has 0 atom stereocenters. The average Bonchev–Trinajstić information content (AvgIpc) is 2.77. The standard InChI is InChI=1S/C8H10N4S5/c1-3-14-7(10-4-9)15-5-16-8-11-6(13-2)12-17-8/h3,5H2,1-2H3. The molecule has 0 aromatic carbocycles. The quantitative estimate of drug-likeness (QED) is 0.270. The van der Waals surface area contributed by atoms with E-state index in [1.54, 1.807) is 47.0 Å². The summed E-state index contributed by atoms with van der Waals surface area (Å²) in [6.45, 7) is 2.04. The molecule has 0 fully saturated rings. The summed E-state index contributed by atoms with van der Waals surface area (Å²) in [5.41, 5.74) is 0. The van der Waals surface area contributed by atoms with Gasteiger partial charge < -0.3 is 0 Å². The number of rotatable bonds is 5. The van der Waals surface area contributed by atoms with Crippen LogP contribution in [0.2, 0.25) is 0 Å². The van der Waals surface area contributed by atoms with E-state index in [1.807, 2.05) is 19.4 Å². The van der Waals surface area contributed by atoms with Gasteiger partial charge in [-0.1, -0.05) is 54.0 Å². The molecule has 4 nitrogen and oxygen atoms in total. The SMILES string of the molecule is CCSC(=NC#N)SCSc1nc(SC)ns1. The van der Waals surface area contributed by atoms with E-state index in [2.05, 4.69) is 14.3 Å². The van der Waals surface area contributed by atoms with Gasteiger partial charge in [-0.3, -0.25) is 0 Å². The fraction of sp³-hybridized carbons (Fsp3) is 0.500. The molecule has 17 heavy (non-hydrogen) atoms. The van der Waals surface area contributed by atoms with Gasteiger partial charge in [0.1, 0.15) is 4.38 Å². The topological polar surface area (TPSA) is 61.9 Å². The largest absolute Gasteiger partial charge is 0.207 e.